The number of hydrogen-bond donors (Lipinski definition) is 3. The predicted molar refractivity (Wildman–Crippen MR) is 115 cm³/mol. The molecule has 1 aliphatic rings. The summed E-state index contributed by atoms with van der Waals surface area (Å²) in [6.45, 7) is 1.56. The summed E-state index contributed by atoms with van der Waals surface area (Å²) in [5, 5.41) is 6.97. The Bertz CT molecular complexity index is 1100. The van der Waals surface area contributed by atoms with E-state index in [0.717, 1.165) is 37.0 Å². The number of alkyl halides is 3. The molecule has 4 N–H and O–H groups in total. The number of fused-ring (bicyclic) bond motifs is 1. The lowest BCUT2D eigenvalue weighted by Gasteiger charge is -2.21. The van der Waals surface area contributed by atoms with Crippen molar-refractivity contribution in [2.24, 2.45) is 0 Å². The van der Waals surface area contributed by atoms with E-state index in [4.69, 9.17) is 10.5 Å². The van der Waals surface area contributed by atoms with Crippen molar-refractivity contribution in [1.29, 1.82) is 0 Å². The number of methoxy groups -OCH3 is 1. The van der Waals surface area contributed by atoms with Crippen molar-refractivity contribution >= 4 is 34.0 Å². The van der Waals surface area contributed by atoms with E-state index >= 15 is 0 Å². The summed E-state index contributed by atoms with van der Waals surface area (Å²) in [6, 6.07) is 9.17. The maximum absolute atomic E-state index is 13.2. The van der Waals surface area contributed by atoms with Crippen molar-refractivity contribution in [3.05, 3.63) is 42.0 Å². The minimum atomic E-state index is -4.51. The van der Waals surface area contributed by atoms with Crippen LogP contribution >= 0.6 is 0 Å². The van der Waals surface area contributed by atoms with Crippen LogP contribution in [0.3, 0.4) is 0 Å². The number of nitrogen functional groups attached to an aromatic ring is 1. The highest BCUT2D eigenvalue weighted by atomic mass is 19.4. The Morgan fingerprint density at radius 1 is 1.19 bits per heavy atom. The molecule has 1 atom stereocenters. The highest BCUT2D eigenvalue weighted by Gasteiger charge is 2.31. The van der Waals surface area contributed by atoms with Gasteiger partial charge >= 0.3 is 6.18 Å². The predicted octanol–water partition coefficient (Wildman–Crippen LogP) is 3.78. The van der Waals surface area contributed by atoms with Gasteiger partial charge in [0.1, 0.15) is 17.1 Å². The van der Waals surface area contributed by atoms with Crippen LogP contribution in [0.15, 0.2) is 36.4 Å². The van der Waals surface area contributed by atoms with Gasteiger partial charge in [0, 0.05) is 35.9 Å². The third-order valence-electron chi connectivity index (χ3n) is 5.32. The molecule has 10 heteroatoms. The monoisotopic (exact) mass is 432 g/mol. The van der Waals surface area contributed by atoms with Crippen LogP contribution in [0.2, 0.25) is 0 Å². The zero-order valence-electron chi connectivity index (χ0n) is 17.1. The fourth-order valence-electron chi connectivity index (χ4n) is 3.78. The fraction of sp³-hybridized carbons (Fsp3) is 0.333. The number of benzene rings is 2. The van der Waals surface area contributed by atoms with Gasteiger partial charge in [-0.15, -0.1) is 0 Å². The molecule has 0 bridgehead atoms. The average Bonchev–Trinajstić information content (AvgIpc) is 3.21. The van der Waals surface area contributed by atoms with Crippen LogP contribution in [0.1, 0.15) is 12.0 Å². The molecule has 0 aliphatic carbocycles. The number of para-hydroxylation sites is 1. The van der Waals surface area contributed by atoms with E-state index in [1.807, 2.05) is 19.2 Å². The molecule has 0 radical (unpaired) electrons. The number of likely N-dealkylation sites (N-methyl/N-ethyl adjacent to an activating group) is 1. The molecule has 1 fully saturated rings. The number of nitrogens with two attached hydrogens (primary N) is 1. The van der Waals surface area contributed by atoms with Crippen molar-refractivity contribution in [3.63, 3.8) is 0 Å². The second-order valence-electron chi connectivity index (χ2n) is 7.41. The second-order valence-corrected chi connectivity index (χ2v) is 7.41. The lowest BCUT2D eigenvalue weighted by Crippen LogP contribution is -2.30. The Balaban J connectivity index is 1.79. The molecular weight excluding hydrogens is 409 g/mol. The molecule has 3 aromatic rings. The first kappa shape index (κ1) is 21.0. The number of halogens is 3. The molecule has 0 unspecified atom stereocenters. The molecule has 2 heterocycles. The molecule has 1 saturated heterocycles. The molecule has 0 saturated carbocycles. The number of nitrogens with zero attached hydrogens (tertiary/aromatic N) is 3. The summed E-state index contributed by atoms with van der Waals surface area (Å²) in [5.41, 5.74) is 5.57. The Kier molecular flexibility index (Phi) is 5.48. The standard InChI is InChI=1S/C21H23F3N6O/c1-26-14-6-7-30(11-14)19-16-4-3-5-17(31-2)18(16)28-20(29-19)27-15-9-12(21(22,23)24)8-13(25)10-15/h3-5,8-10,14,26H,6-7,11,25H2,1-2H3,(H,27,28,29)/t14-/m0/s1. The van der Waals surface area contributed by atoms with Gasteiger partial charge in [-0.05, 0) is 43.8 Å². The molecule has 2 aromatic carbocycles. The van der Waals surface area contributed by atoms with Crippen LogP contribution in [0.5, 0.6) is 5.75 Å². The molecule has 0 spiro atoms. The highest BCUT2D eigenvalue weighted by Crippen LogP contribution is 2.35. The number of ether oxygens (including phenoxy) is 1. The van der Waals surface area contributed by atoms with Crippen LogP contribution < -0.4 is 26.0 Å². The van der Waals surface area contributed by atoms with Crippen LogP contribution in [-0.2, 0) is 6.18 Å². The first-order valence-corrected chi connectivity index (χ1v) is 9.80. The van der Waals surface area contributed by atoms with E-state index < -0.39 is 11.7 Å². The second kappa shape index (κ2) is 8.10. The maximum atomic E-state index is 13.2. The number of aromatic nitrogens is 2. The summed E-state index contributed by atoms with van der Waals surface area (Å²) >= 11 is 0. The molecule has 164 valence electrons. The van der Waals surface area contributed by atoms with Crippen LogP contribution in [-0.4, -0.2) is 43.3 Å². The van der Waals surface area contributed by atoms with Gasteiger partial charge in [-0.3, -0.25) is 0 Å². The van der Waals surface area contributed by atoms with Crippen molar-refractivity contribution in [1.82, 2.24) is 15.3 Å². The largest absolute Gasteiger partial charge is 0.494 e. The lowest BCUT2D eigenvalue weighted by atomic mass is 10.1. The first-order valence-electron chi connectivity index (χ1n) is 9.80. The van der Waals surface area contributed by atoms with Crippen LogP contribution in [0.4, 0.5) is 36.3 Å². The van der Waals surface area contributed by atoms with Crippen LogP contribution in [0, 0.1) is 0 Å². The Hall–Kier alpha value is -3.27. The van der Waals surface area contributed by atoms with E-state index in [1.54, 1.807) is 13.2 Å². The third kappa shape index (κ3) is 4.29. The van der Waals surface area contributed by atoms with Gasteiger partial charge in [0.2, 0.25) is 5.95 Å². The fourth-order valence-corrected chi connectivity index (χ4v) is 3.78. The molecule has 0 amide bonds. The number of nitrogens with one attached hydrogen (secondary N) is 2. The molecule has 1 aromatic heterocycles. The minimum Gasteiger partial charge on any atom is -0.494 e. The minimum absolute atomic E-state index is 0.00711. The molecule has 7 nitrogen and oxygen atoms in total. The van der Waals surface area contributed by atoms with Crippen molar-refractivity contribution < 1.29 is 17.9 Å². The van der Waals surface area contributed by atoms with Crippen molar-refractivity contribution in [2.75, 3.05) is 43.2 Å². The SMILES string of the molecule is CN[C@H]1CCN(c2nc(Nc3cc(N)cc(C(F)(F)F)c3)nc3c(OC)cccc23)C1. The van der Waals surface area contributed by atoms with Gasteiger partial charge in [-0.2, -0.15) is 18.2 Å². The summed E-state index contributed by atoms with van der Waals surface area (Å²) < 4.78 is 45.0. The summed E-state index contributed by atoms with van der Waals surface area (Å²) in [5.74, 6) is 1.42. The van der Waals surface area contributed by atoms with Crippen molar-refractivity contribution in [2.45, 2.75) is 18.6 Å². The summed E-state index contributed by atoms with van der Waals surface area (Å²) in [7, 11) is 3.46. The Morgan fingerprint density at radius 2 is 2.00 bits per heavy atom. The topological polar surface area (TPSA) is 88.3 Å². The van der Waals surface area contributed by atoms with E-state index in [1.165, 1.54) is 6.07 Å². The molecule has 4 rings (SSSR count). The Labute approximate surface area is 177 Å². The Morgan fingerprint density at radius 3 is 2.68 bits per heavy atom. The lowest BCUT2D eigenvalue weighted by molar-refractivity contribution is -0.137. The van der Waals surface area contributed by atoms with Gasteiger partial charge in [-0.1, -0.05) is 6.07 Å². The molecule has 1 aliphatic heterocycles. The highest BCUT2D eigenvalue weighted by molar-refractivity contribution is 5.94. The van der Waals surface area contributed by atoms with Gasteiger partial charge in [0.05, 0.1) is 12.7 Å². The van der Waals surface area contributed by atoms with Gasteiger partial charge in [-0.25, -0.2) is 4.98 Å². The zero-order valence-corrected chi connectivity index (χ0v) is 17.1. The molecule has 31 heavy (non-hydrogen) atoms. The van der Waals surface area contributed by atoms with E-state index in [2.05, 4.69) is 25.5 Å². The first-order chi connectivity index (χ1) is 14.8. The zero-order chi connectivity index (χ0) is 22.2. The summed E-state index contributed by atoms with van der Waals surface area (Å²) in [4.78, 5) is 11.3. The van der Waals surface area contributed by atoms with E-state index in [9.17, 15) is 13.2 Å². The van der Waals surface area contributed by atoms with Crippen LogP contribution in [0.25, 0.3) is 10.9 Å². The third-order valence-corrected chi connectivity index (χ3v) is 5.32. The number of hydrogen-bond acceptors (Lipinski definition) is 7. The van der Waals surface area contributed by atoms with E-state index in [-0.39, 0.29) is 17.3 Å². The number of anilines is 4. The van der Waals surface area contributed by atoms with E-state index in [0.29, 0.717) is 23.1 Å². The normalized spacial score (nSPS) is 16.7. The molecular formula is C21H23F3N6O. The average molecular weight is 432 g/mol. The number of rotatable bonds is 5. The van der Waals surface area contributed by atoms with Gasteiger partial charge in [0.15, 0.2) is 0 Å². The quantitative estimate of drug-likeness (QED) is 0.529. The van der Waals surface area contributed by atoms with Gasteiger partial charge in [0.25, 0.3) is 0 Å². The summed E-state index contributed by atoms with van der Waals surface area (Å²) in [6.07, 6.45) is -3.55. The van der Waals surface area contributed by atoms with Gasteiger partial charge < -0.3 is 26.0 Å². The maximum Gasteiger partial charge on any atom is 0.416 e. The smallest absolute Gasteiger partial charge is 0.416 e. The van der Waals surface area contributed by atoms with Crippen molar-refractivity contribution in [3.8, 4) is 5.75 Å².